The van der Waals surface area contributed by atoms with E-state index >= 15 is 0 Å². The molecule has 0 atom stereocenters. The van der Waals surface area contributed by atoms with E-state index in [1.807, 2.05) is 6.07 Å². The summed E-state index contributed by atoms with van der Waals surface area (Å²) in [7, 11) is -3.79. The van der Waals surface area contributed by atoms with Gasteiger partial charge in [0.25, 0.3) is 0 Å². The van der Waals surface area contributed by atoms with E-state index in [-0.39, 0.29) is 9.80 Å². The molecule has 0 aliphatic carbocycles. The van der Waals surface area contributed by atoms with Crippen LogP contribution in [0.5, 0.6) is 0 Å². The van der Waals surface area contributed by atoms with Crippen LogP contribution in [0, 0.1) is 11.3 Å². The van der Waals surface area contributed by atoms with Crippen LogP contribution in [-0.4, -0.2) is 8.42 Å². The molecule has 2 rings (SSSR count). The van der Waals surface area contributed by atoms with Crippen LogP contribution < -0.4 is 0 Å². The molecule has 0 fully saturated rings. The Hall–Kier alpha value is -1.90. The molecule has 2 aromatic rings. The summed E-state index contributed by atoms with van der Waals surface area (Å²) in [4.78, 5) is -0.171. The summed E-state index contributed by atoms with van der Waals surface area (Å²) < 4.78 is 25.5. The zero-order chi connectivity index (χ0) is 14.6. The molecular formula is C15H10BrNO2S. The molecule has 3 nitrogen and oxygen atoms in total. The Morgan fingerprint density at radius 1 is 1.05 bits per heavy atom. The Balaban J connectivity index is 2.49. The summed E-state index contributed by atoms with van der Waals surface area (Å²) in [6, 6.07) is 16.8. The first-order valence-corrected chi connectivity index (χ1v) is 7.99. The monoisotopic (exact) mass is 347 g/mol. The number of nitrogens with zero attached hydrogens (tertiary/aromatic N) is 1. The molecule has 0 unspecified atom stereocenters. The molecule has 20 heavy (non-hydrogen) atoms. The summed E-state index contributed by atoms with van der Waals surface area (Å²) in [6.45, 7) is 0. The molecule has 0 amide bonds. The van der Waals surface area contributed by atoms with Gasteiger partial charge in [-0.3, -0.25) is 0 Å². The van der Waals surface area contributed by atoms with Gasteiger partial charge in [-0.25, -0.2) is 8.42 Å². The Kier molecular flexibility index (Phi) is 4.38. The summed E-state index contributed by atoms with van der Waals surface area (Å²) in [5, 5.41) is 9.13. The van der Waals surface area contributed by atoms with Crippen LogP contribution in [0.15, 0.2) is 68.9 Å². The Morgan fingerprint density at radius 3 is 2.20 bits per heavy atom. The van der Waals surface area contributed by atoms with E-state index in [9.17, 15) is 8.42 Å². The second-order valence-corrected chi connectivity index (χ2v) is 6.82. The first-order chi connectivity index (χ1) is 9.54. The highest BCUT2D eigenvalue weighted by Gasteiger charge is 2.20. The lowest BCUT2D eigenvalue weighted by atomic mass is 10.2. The van der Waals surface area contributed by atoms with Crippen LogP contribution in [0.1, 0.15) is 5.56 Å². The first kappa shape index (κ1) is 14.5. The lowest BCUT2D eigenvalue weighted by Gasteiger charge is -2.03. The smallest absolute Gasteiger partial charge is 0.216 e. The third-order valence-corrected chi connectivity index (χ3v) is 4.83. The van der Waals surface area contributed by atoms with Crippen LogP contribution in [-0.2, 0) is 9.84 Å². The van der Waals surface area contributed by atoms with Gasteiger partial charge in [0, 0.05) is 4.47 Å². The molecule has 100 valence electrons. The van der Waals surface area contributed by atoms with E-state index in [0.29, 0.717) is 5.56 Å². The molecule has 0 aromatic heterocycles. The van der Waals surface area contributed by atoms with E-state index in [0.717, 1.165) is 4.47 Å². The normalized spacial score (nSPS) is 11.9. The van der Waals surface area contributed by atoms with Crippen molar-refractivity contribution in [2.24, 2.45) is 0 Å². The van der Waals surface area contributed by atoms with Crippen molar-refractivity contribution < 1.29 is 8.42 Å². The number of hydrogen-bond donors (Lipinski definition) is 0. The van der Waals surface area contributed by atoms with Crippen molar-refractivity contribution in [2.75, 3.05) is 0 Å². The van der Waals surface area contributed by atoms with Gasteiger partial charge in [0.05, 0.1) is 4.90 Å². The van der Waals surface area contributed by atoms with Gasteiger partial charge >= 0.3 is 0 Å². The maximum atomic E-state index is 12.4. The lowest BCUT2D eigenvalue weighted by Crippen LogP contribution is -2.03. The van der Waals surface area contributed by atoms with E-state index < -0.39 is 9.84 Å². The second-order valence-electron chi connectivity index (χ2n) is 3.99. The minimum absolute atomic E-state index is 0.101. The number of sulfone groups is 1. The molecule has 0 saturated heterocycles. The summed E-state index contributed by atoms with van der Waals surface area (Å²) in [5.74, 6) is 0. The van der Waals surface area contributed by atoms with Crippen molar-refractivity contribution in [3.05, 3.63) is 69.5 Å². The maximum Gasteiger partial charge on any atom is 0.216 e. The van der Waals surface area contributed by atoms with Crippen molar-refractivity contribution in [3.8, 4) is 6.07 Å². The Labute approximate surface area is 126 Å². The quantitative estimate of drug-likeness (QED) is 0.793. The van der Waals surface area contributed by atoms with E-state index in [1.54, 1.807) is 42.5 Å². The Morgan fingerprint density at radius 2 is 1.65 bits per heavy atom. The van der Waals surface area contributed by atoms with Gasteiger partial charge < -0.3 is 0 Å². The molecule has 0 bridgehead atoms. The van der Waals surface area contributed by atoms with Crippen molar-refractivity contribution in [1.82, 2.24) is 0 Å². The standard InChI is InChI=1S/C15H10BrNO2S/c16-13-6-8-14(9-7-13)20(18,19)15(11-17)10-12-4-2-1-3-5-12/h1-10H/b15-10-. The molecule has 0 radical (unpaired) electrons. The minimum Gasteiger partial charge on any atom is -0.218 e. The molecule has 0 saturated carbocycles. The third kappa shape index (κ3) is 3.16. The number of halogens is 1. The van der Waals surface area contributed by atoms with Gasteiger partial charge in [-0.05, 0) is 35.9 Å². The molecule has 0 heterocycles. The van der Waals surface area contributed by atoms with E-state index in [4.69, 9.17) is 5.26 Å². The van der Waals surface area contributed by atoms with Crippen LogP contribution in [0.3, 0.4) is 0 Å². The highest BCUT2D eigenvalue weighted by atomic mass is 79.9. The van der Waals surface area contributed by atoms with Crippen LogP contribution in [0.2, 0.25) is 0 Å². The molecule has 2 aromatic carbocycles. The lowest BCUT2D eigenvalue weighted by molar-refractivity contribution is 0.603. The van der Waals surface area contributed by atoms with Crippen LogP contribution in [0.25, 0.3) is 6.08 Å². The number of nitriles is 1. The number of hydrogen-bond acceptors (Lipinski definition) is 3. The fourth-order valence-corrected chi connectivity index (χ4v) is 3.04. The number of benzene rings is 2. The summed E-state index contributed by atoms with van der Waals surface area (Å²) in [6.07, 6.45) is 1.37. The second kappa shape index (κ2) is 6.04. The third-order valence-electron chi connectivity index (χ3n) is 2.62. The van der Waals surface area contributed by atoms with Gasteiger partial charge in [-0.2, -0.15) is 5.26 Å². The van der Waals surface area contributed by atoms with Gasteiger partial charge in [-0.15, -0.1) is 0 Å². The van der Waals surface area contributed by atoms with Crippen molar-refractivity contribution in [3.63, 3.8) is 0 Å². The zero-order valence-electron chi connectivity index (χ0n) is 10.3. The zero-order valence-corrected chi connectivity index (χ0v) is 12.7. The van der Waals surface area contributed by atoms with Crippen molar-refractivity contribution in [2.45, 2.75) is 4.90 Å². The fourth-order valence-electron chi connectivity index (χ4n) is 1.61. The predicted octanol–water partition coefficient (Wildman–Crippen LogP) is 3.79. The molecule has 0 aliphatic heterocycles. The largest absolute Gasteiger partial charge is 0.218 e. The van der Waals surface area contributed by atoms with E-state index in [2.05, 4.69) is 15.9 Å². The molecular weight excluding hydrogens is 338 g/mol. The molecule has 5 heteroatoms. The minimum atomic E-state index is -3.79. The summed E-state index contributed by atoms with van der Waals surface area (Å²) in [5.41, 5.74) is 0.671. The SMILES string of the molecule is N#C/C(=C/c1ccccc1)S(=O)(=O)c1ccc(Br)cc1. The number of allylic oxidation sites excluding steroid dienone is 1. The van der Waals surface area contributed by atoms with E-state index in [1.165, 1.54) is 18.2 Å². The van der Waals surface area contributed by atoms with Crippen LogP contribution in [0.4, 0.5) is 0 Å². The molecule has 0 N–H and O–H groups in total. The van der Waals surface area contributed by atoms with Gasteiger partial charge in [0.1, 0.15) is 11.0 Å². The maximum absolute atomic E-state index is 12.4. The van der Waals surface area contributed by atoms with Crippen LogP contribution >= 0.6 is 15.9 Å². The summed E-state index contributed by atoms with van der Waals surface area (Å²) >= 11 is 3.25. The van der Waals surface area contributed by atoms with Crippen molar-refractivity contribution >= 4 is 31.8 Å². The number of rotatable bonds is 3. The average Bonchev–Trinajstić information content (AvgIpc) is 2.46. The van der Waals surface area contributed by atoms with Gasteiger partial charge in [-0.1, -0.05) is 46.3 Å². The van der Waals surface area contributed by atoms with Crippen molar-refractivity contribution in [1.29, 1.82) is 5.26 Å². The Bertz CT molecular complexity index is 773. The first-order valence-electron chi connectivity index (χ1n) is 5.71. The van der Waals surface area contributed by atoms with Gasteiger partial charge in [0.15, 0.2) is 0 Å². The topological polar surface area (TPSA) is 57.9 Å². The van der Waals surface area contributed by atoms with Gasteiger partial charge in [0.2, 0.25) is 9.84 Å². The highest BCUT2D eigenvalue weighted by Crippen LogP contribution is 2.22. The molecule has 0 spiro atoms. The predicted molar refractivity (Wildman–Crippen MR) is 81.4 cm³/mol. The fraction of sp³-hybridized carbons (Fsp3) is 0. The average molecular weight is 348 g/mol. The highest BCUT2D eigenvalue weighted by molar-refractivity contribution is 9.10. The molecule has 0 aliphatic rings.